The summed E-state index contributed by atoms with van der Waals surface area (Å²) in [5.41, 5.74) is 2.12. The van der Waals surface area contributed by atoms with Gasteiger partial charge in [-0.1, -0.05) is 15.9 Å². The van der Waals surface area contributed by atoms with Crippen molar-refractivity contribution in [2.45, 2.75) is 19.4 Å². The Morgan fingerprint density at radius 2 is 2.21 bits per heavy atom. The van der Waals surface area contributed by atoms with E-state index in [1.165, 1.54) is 0 Å². The number of rotatable bonds is 2. The van der Waals surface area contributed by atoms with E-state index in [1.807, 2.05) is 25.1 Å². The van der Waals surface area contributed by atoms with Crippen molar-refractivity contribution in [3.8, 4) is 5.75 Å². The molecule has 1 unspecified atom stereocenters. The standard InChI is InChI=1S/C14H14BrN3O/c1-9-6-14(17-8-16-9)18-12-4-5-19-13-3-2-10(15)7-11(12)13/h2-3,6-8,12H,4-5H2,1H3,(H,16,17,18). The van der Waals surface area contributed by atoms with Crippen molar-refractivity contribution in [2.75, 3.05) is 11.9 Å². The zero-order valence-electron chi connectivity index (χ0n) is 10.6. The summed E-state index contributed by atoms with van der Waals surface area (Å²) in [5, 5.41) is 3.45. The van der Waals surface area contributed by atoms with Gasteiger partial charge in [-0.25, -0.2) is 9.97 Å². The van der Waals surface area contributed by atoms with Crippen molar-refractivity contribution in [3.05, 3.63) is 46.3 Å². The van der Waals surface area contributed by atoms with Crippen LogP contribution in [0.4, 0.5) is 5.82 Å². The van der Waals surface area contributed by atoms with Crippen molar-refractivity contribution in [2.24, 2.45) is 0 Å². The molecule has 2 heterocycles. The highest BCUT2D eigenvalue weighted by Crippen LogP contribution is 2.35. The van der Waals surface area contributed by atoms with Crippen LogP contribution in [0.2, 0.25) is 0 Å². The summed E-state index contributed by atoms with van der Waals surface area (Å²) in [6, 6.07) is 8.26. The number of ether oxygens (including phenoxy) is 1. The molecule has 2 aromatic rings. The van der Waals surface area contributed by atoms with E-state index in [2.05, 4.69) is 37.3 Å². The first-order valence-electron chi connectivity index (χ1n) is 6.20. The monoisotopic (exact) mass is 319 g/mol. The highest BCUT2D eigenvalue weighted by molar-refractivity contribution is 9.10. The molecule has 3 rings (SSSR count). The van der Waals surface area contributed by atoms with Gasteiger partial charge < -0.3 is 10.1 Å². The van der Waals surface area contributed by atoms with Crippen LogP contribution in [0.1, 0.15) is 23.7 Å². The molecule has 0 saturated carbocycles. The average molecular weight is 320 g/mol. The van der Waals surface area contributed by atoms with Crippen LogP contribution in [-0.4, -0.2) is 16.6 Å². The Hall–Kier alpha value is -1.62. The zero-order valence-corrected chi connectivity index (χ0v) is 12.1. The SMILES string of the molecule is Cc1cc(NC2CCOc3ccc(Br)cc32)ncn1. The number of halogens is 1. The minimum atomic E-state index is 0.218. The summed E-state index contributed by atoms with van der Waals surface area (Å²) in [4.78, 5) is 8.36. The van der Waals surface area contributed by atoms with Crippen molar-refractivity contribution in [1.82, 2.24) is 9.97 Å². The molecule has 19 heavy (non-hydrogen) atoms. The van der Waals surface area contributed by atoms with Crippen LogP contribution in [0.3, 0.4) is 0 Å². The molecule has 1 aromatic heterocycles. The average Bonchev–Trinajstić information content (AvgIpc) is 2.39. The van der Waals surface area contributed by atoms with E-state index in [1.54, 1.807) is 6.33 Å². The quantitative estimate of drug-likeness (QED) is 0.920. The number of hydrogen-bond donors (Lipinski definition) is 1. The van der Waals surface area contributed by atoms with Crippen molar-refractivity contribution >= 4 is 21.7 Å². The minimum Gasteiger partial charge on any atom is -0.493 e. The molecule has 0 spiro atoms. The lowest BCUT2D eigenvalue weighted by Crippen LogP contribution is -2.21. The van der Waals surface area contributed by atoms with E-state index in [0.29, 0.717) is 0 Å². The fourth-order valence-electron chi connectivity index (χ4n) is 2.23. The largest absolute Gasteiger partial charge is 0.493 e. The molecule has 1 aliphatic rings. The van der Waals surface area contributed by atoms with Crippen LogP contribution in [0.25, 0.3) is 0 Å². The van der Waals surface area contributed by atoms with Crippen LogP contribution in [0.15, 0.2) is 35.1 Å². The van der Waals surface area contributed by atoms with Gasteiger partial charge in [0.15, 0.2) is 0 Å². The van der Waals surface area contributed by atoms with Gasteiger partial charge in [0.25, 0.3) is 0 Å². The fourth-order valence-corrected chi connectivity index (χ4v) is 2.61. The number of aryl methyl sites for hydroxylation is 1. The fraction of sp³-hybridized carbons (Fsp3) is 0.286. The Bertz CT molecular complexity index is 603. The third-order valence-electron chi connectivity index (χ3n) is 3.14. The molecule has 98 valence electrons. The molecular formula is C14H14BrN3O. The summed E-state index contributed by atoms with van der Waals surface area (Å²) in [6.45, 7) is 2.68. The predicted octanol–water partition coefficient (Wildman–Crippen LogP) is 3.48. The van der Waals surface area contributed by atoms with Gasteiger partial charge in [-0.15, -0.1) is 0 Å². The lowest BCUT2D eigenvalue weighted by atomic mass is 10.0. The number of nitrogens with zero attached hydrogens (tertiary/aromatic N) is 2. The number of nitrogens with one attached hydrogen (secondary N) is 1. The highest BCUT2D eigenvalue weighted by Gasteiger charge is 2.21. The molecule has 1 N–H and O–H groups in total. The molecule has 0 radical (unpaired) electrons. The molecule has 1 atom stereocenters. The first kappa shape index (κ1) is 12.4. The van der Waals surface area contributed by atoms with Gasteiger partial charge in [0.1, 0.15) is 17.9 Å². The van der Waals surface area contributed by atoms with Crippen molar-refractivity contribution in [3.63, 3.8) is 0 Å². The van der Waals surface area contributed by atoms with E-state index in [9.17, 15) is 0 Å². The minimum absolute atomic E-state index is 0.218. The van der Waals surface area contributed by atoms with Gasteiger partial charge >= 0.3 is 0 Å². The van der Waals surface area contributed by atoms with Gasteiger partial charge in [0.05, 0.1) is 12.6 Å². The molecular weight excluding hydrogens is 306 g/mol. The van der Waals surface area contributed by atoms with E-state index >= 15 is 0 Å². The van der Waals surface area contributed by atoms with Gasteiger partial charge in [0, 0.05) is 28.2 Å². The van der Waals surface area contributed by atoms with E-state index in [-0.39, 0.29) is 6.04 Å². The number of fused-ring (bicyclic) bond motifs is 1. The Labute approximate surface area is 120 Å². The third kappa shape index (κ3) is 2.71. The Kier molecular flexibility index (Phi) is 3.38. The van der Waals surface area contributed by atoms with E-state index in [0.717, 1.165) is 40.3 Å². The van der Waals surface area contributed by atoms with Crippen LogP contribution >= 0.6 is 15.9 Å². The molecule has 0 amide bonds. The number of aromatic nitrogens is 2. The van der Waals surface area contributed by atoms with E-state index < -0.39 is 0 Å². The summed E-state index contributed by atoms with van der Waals surface area (Å²) in [6.07, 6.45) is 2.51. The Morgan fingerprint density at radius 1 is 1.32 bits per heavy atom. The Balaban J connectivity index is 1.89. The van der Waals surface area contributed by atoms with E-state index in [4.69, 9.17) is 4.74 Å². The molecule has 0 fully saturated rings. The summed E-state index contributed by atoms with van der Waals surface area (Å²) in [7, 11) is 0. The van der Waals surface area contributed by atoms with Crippen LogP contribution in [-0.2, 0) is 0 Å². The lowest BCUT2D eigenvalue weighted by molar-refractivity contribution is 0.274. The second-order valence-electron chi connectivity index (χ2n) is 4.56. The normalized spacial score (nSPS) is 17.5. The summed E-state index contributed by atoms with van der Waals surface area (Å²) >= 11 is 3.51. The number of anilines is 1. The van der Waals surface area contributed by atoms with Crippen molar-refractivity contribution in [1.29, 1.82) is 0 Å². The molecule has 0 aliphatic carbocycles. The van der Waals surface area contributed by atoms with Crippen LogP contribution < -0.4 is 10.1 Å². The molecule has 0 bridgehead atoms. The molecule has 4 nitrogen and oxygen atoms in total. The van der Waals surface area contributed by atoms with Gasteiger partial charge in [-0.3, -0.25) is 0 Å². The second-order valence-corrected chi connectivity index (χ2v) is 5.48. The summed E-state index contributed by atoms with van der Waals surface area (Å²) in [5.74, 6) is 1.79. The maximum Gasteiger partial charge on any atom is 0.130 e. The first-order valence-corrected chi connectivity index (χ1v) is 6.99. The van der Waals surface area contributed by atoms with Gasteiger partial charge in [-0.05, 0) is 25.1 Å². The zero-order chi connectivity index (χ0) is 13.2. The molecule has 1 aliphatic heterocycles. The smallest absolute Gasteiger partial charge is 0.130 e. The number of benzene rings is 1. The maximum atomic E-state index is 5.68. The van der Waals surface area contributed by atoms with Crippen LogP contribution in [0.5, 0.6) is 5.75 Å². The Morgan fingerprint density at radius 3 is 3.05 bits per heavy atom. The lowest BCUT2D eigenvalue weighted by Gasteiger charge is -2.27. The topological polar surface area (TPSA) is 47.0 Å². The number of hydrogen-bond acceptors (Lipinski definition) is 4. The van der Waals surface area contributed by atoms with Gasteiger partial charge in [-0.2, -0.15) is 0 Å². The molecule has 5 heteroatoms. The predicted molar refractivity (Wildman–Crippen MR) is 77.4 cm³/mol. The first-order chi connectivity index (χ1) is 9.22. The van der Waals surface area contributed by atoms with Gasteiger partial charge in [0.2, 0.25) is 0 Å². The molecule has 0 saturated heterocycles. The van der Waals surface area contributed by atoms with Crippen molar-refractivity contribution < 1.29 is 4.74 Å². The highest BCUT2D eigenvalue weighted by atomic mass is 79.9. The second kappa shape index (κ2) is 5.17. The maximum absolute atomic E-state index is 5.68. The molecule has 1 aromatic carbocycles. The summed E-state index contributed by atoms with van der Waals surface area (Å²) < 4.78 is 6.73. The van der Waals surface area contributed by atoms with Crippen LogP contribution in [0, 0.1) is 6.92 Å². The third-order valence-corrected chi connectivity index (χ3v) is 3.63.